The number of hydrogen-bond acceptors (Lipinski definition) is 3. The lowest BCUT2D eigenvalue weighted by atomic mass is 10.2. The van der Waals surface area contributed by atoms with E-state index >= 15 is 0 Å². The second-order valence-electron chi connectivity index (χ2n) is 4.43. The Morgan fingerprint density at radius 1 is 1.44 bits per heavy atom. The largest absolute Gasteiger partial charge is 0.394 e. The zero-order chi connectivity index (χ0) is 13.3. The molecule has 4 nitrogen and oxygen atoms in total. The standard InChI is InChI=1S/C13H17BrN4/c1-9-12(15)13(18(3)16-9)17(2)8-10-5-4-6-11(14)7-10/h4-7H,8,15H2,1-3H3. The van der Waals surface area contributed by atoms with Crippen molar-refractivity contribution in [2.75, 3.05) is 17.7 Å². The Labute approximate surface area is 116 Å². The van der Waals surface area contributed by atoms with Crippen LogP contribution in [0.1, 0.15) is 11.3 Å². The highest BCUT2D eigenvalue weighted by Gasteiger charge is 2.14. The summed E-state index contributed by atoms with van der Waals surface area (Å²) < 4.78 is 2.91. The molecule has 0 amide bonds. The molecule has 18 heavy (non-hydrogen) atoms. The van der Waals surface area contributed by atoms with Crippen molar-refractivity contribution in [2.45, 2.75) is 13.5 Å². The summed E-state index contributed by atoms with van der Waals surface area (Å²) >= 11 is 3.48. The molecule has 2 N–H and O–H groups in total. The van der Waals surface area contributed by atoms with E-state index in [1.807, 2.05) is 37.8 Å². The van der Waals surface area contributed by atoms with Gasteiger partial charge in [-0.1, -0.05) is 28.1 Å². The fourth-order valence-corrected chi connectivity index (χ4v) is 2.55. The maximum Gasteiger partial charge on any atom is 0.150 e. The van der Waals surface area contributed by atoms with Crippen LogP contribution in [-0.2, 0) is 13.6 Å². The number of nitrogens with two attached hydrogens (primary N) is 1. The fourth-order valence-electron chi connectivity index (χ4n) is 2.10. The molecule has 0 unspecified atom stereocenters. The highest BCUT2D eigenvalue weighted by molar-refractivity contribution is 9.10. The molecule has 0 aliphatic heterocycles. The number of aryl methyl sites for hydroxylation is 2. The minimum Gasteiger partial charge on any atom is -0.394 e. The number of nitrogen functional groups attached to an aromatic ring is 1. The van der Waals surface area contributed by atoms with Crippen LogP contribution in [0.5, 0.6) is 0 Å². The maximum absolute atomic E-state index is 6.05. The number of benzene rings is 1. The Hall–Kier alpha value is -1.49. The van der Waals surface area contributed by atoms with Gasteiger partial charge >= 0.3 is 0 Å². The van der Waals surface area contributed by atoms with Gasteiger partial charge in [-0.05, 0) is 24.6 Å². The van der Waals surface area contributed by atoms with E-state index in [-0.39, 0.29) is 0 Å². The number of aromatic nitrogens is 2. The third-order valence-electron chi connectivity index (χ3n) is 2.91. The van der Waals surface area contributed by atoms with Crippen LogP contribution in [-0.4, -0.2) is 16.8 Å². The van der Waals surface area contributed by atoms with Crippen molar-refractivity contribution in [3.63, 3.8) is 0 Å². The molecule has 0 atom stereocenters. The average molecular weight is 309 g/mol. The van der Waals surface area contributed by atoms with Crippen molar-refractivity contribution < 1.29 is 0 Å². The number of anilines is 2. The molecule has 2 aromatic rings. The van der Waals surface area contributed by atoms with Crippen LogP contribution in [0.2, 0.25) is 0 Å². The third kappa shape index (κ3) is 2.51. The summed E-state index contributed by atoms with van der Waals surface area (Å²) in [6.45, 7) is 2.72. The van der Waals surface area contributed by atoms with Crippen LogP contribution in [0.25, 0.3) is 0 Å². The first-order chi connectivity index (χ1) is 8.49. The SMILES string of the molecule is Cc1nn(C)c(N(C)Cc2cccc(Br)c2)c1N. The minimum atomic E-state index is 0.745. The van der Waals surface area contributed by atoms with E-state index in [0.717, 1.165) is 28.2 Å². The Balaban J connectivity index is 2.24. The predicted octanol–water partition coefficient (Wildman–Crippen LogP) is 2.71. The summed E-state index contributed by atoms with van der Waals surface area (Å²) in [7, 11) is 3.93. The number of nitrogens with zero attached hydrogens (tertiary/aromatic N) is 3. The van der Waals surface area contributed by atoms with E-state index in [2.05, 4.69) is 38.1 Å². The smallest absolute Gasteiger partial charge is 0.150 e. The first-order valence-corrected chi connectivity index (χ1v) is 6.53. The van der Waals surface area contributed by atoms with E-state index in [1.165, 1.54) is 5.56 Å². The number of rotatable bonds is 3. The zero-order valence-corrected chi connectivity index (χ0v) is 12.4. The molecule has 1 aromatic heterocycles. The van der Waals surface area contributed by atoms with Crippen molar-refractivity contribution in [1.82, 2.24) is 9.78 Å². The summed E-state index contributed by atoms with van der Waals surface area (Å²) in [5.41, 5.74) is 8.90. The van der Waals surface area contributed by atoms with Crippen LogP contribution in [0.15, 0.2) is 28.7 Å². The monoisotopic (exact) mass is 308 g/mol. The normalized spacial score (nSPS) is 10.7. The van der Waals surface area contributed by atoms with E-state index in [9.17, 15) is 0 Å². The van der Waals surface area contributed by atoms with Gasteiger partial charge in [0.05, 0.1) is 11.4 Å². The lowest BCUT2D eigenvalue weighted by Gasteiger charge is -2.20. The molecule has 0 radical (unpaired) electrons. The molecule has 0 aliphatic carbocycles. The highest BCUT2D eigenvalue weighted by atomic mass is 79.9. The van der Waals surface area contributed by atoms with E-state index in [0.29, 0.717) is 0 Å². The lowest BCUT2D eigenvalue weighted by Crippen LogP contribution is -2.20. The van der Waals surface area contributed by atoms with E-state index in [1.54, 1.807) is 0 Å². The van der Waals surface area contributed by atoms with E-state index < -0.39 is 0 Å². The lowest BCUT2D eigenvalue weighted by molar-refractivity contribution is 0.727. The summed E-state index contributed by atoms with van der Waals surface area (Å²) in [6, 6.07) is 8.26. The molecule has 1 aromatic carbocycles. The molecule has 0 aliphatic rings. The first-order valence-electron chi connectivity index (χ1n) is 5.73. The Bertz CT molecular complexity index is 562. The third-order valence-corrected chi connectivity index (χ3v) is 3.40. The second kappa shape index (κ2) is 5.02. The quantitative estimate of drug-likeness (QED) is 0.948. The zero-order valence-electron chi connectivity index (χ0n) is 10.8. The number of halogens is 1. The topological polar surface area (TPSA) is 47.1 Å². The molecule has 0 fully saturated rings. The predicted molar refractivity (Wildman–Crippen MR) is 78.6 cm³/mol. The summed E-state index contributed by atoms with van der Waals surface area (Å²) in [6.07, 6.45) is 0. The van der Waals surface area contributed by atoms with Gasteiger partial charge in [0.15, 0.2) is 0 Å². The van der Waals surface area contributed by atoms with Crippen molar-refractivity contribution in [1.29, 1.82) is 0 Å². The van der Waals surface area contributed by atoms with Gasteiger partial charge in [-0.25, -0.2) is 0 Å². The van der Waals surface area contributed by atoms with Gasteiger partial charge < -0.3 is 10.6 Å². The molecule has 0 bridgehead atoms. The van der Waals surface area contributed by atoms with Crippen molar-refractivity contribution in [3.05, 3.63) is 40.0 Å². The summed E-state index contributed by atoms with van der Waals surface area (Å²) in [5, 5.41) is 4.33. The van der Waals surface area contributed by atoms with E-state index in [4.69, 9.17) is 5.73 Å². The molecule has 0 saturated heterocycles. The molecular formula is C13H17BrN4. The van der Waals surface area contributed by atoms with Gasteiger partial charge in [0.1, 0.15) is 5.82 Å². The van der Waals surface area contributed by atoms with Crippen LogP contribution < -0.4 is 10.6 Å². The van der Waals surface area contributed by atoms with Crippen LogP contribution in [0, 0.1) is 6.92 Å². The molecule has 2 rings (SSSR count). The van der Waals surface area contributed by atoms with Gasteiger partial charge in [-0.2, -0.15) is 5.10 Å². The Morgan fingerprint density at radius 3 is 2.72 bits per heavy atom. The van der Waals surface area contributed by atoms with Gasteiger partial charge in [0, 0.05) is 25.1 Å². The fraction of sp³-hybridized carbons (Fsp3) is 0.308. The van der Waals surface area contributed by atoms with Crippen molar-refractivity contribution in [3.8, 4) is 0 Å². The summed E-state index contributed by atoms with van der Waals surface area (Å²) in [5.74, 6) is 0.951. The second-order valence-corrected chi connectivity index (χ2v) is 5.35. The van der Waals surface area contributed by atoms with Crippen LogP contribution >= 0.6 is 15.9 Å². The number of hydrogen-bond donors (Lipinski definition) is 1. The molecular weight excluding hydrogens is 292 g/mol. The molecule has 0 saturated carbocycles. The molecule has 96 valence electrons. The highest BCUT2D eigenvalue weighted by Crippen LogP contribution is 2.26. The van der Waals surface area contributed by atoms with Gasteiger partial charge in [-0.3, -0.25) is 4.68 Å². The molecule has 0 spiro atoms. The van der Waals surface area contributed by atoms with Gasteiger partial charge in [-0.15, -0.1) is 0 Å². The molecule has 5 heteroatoms. The minimum absolute atomic E-state index is 0.745. The van der Waals surface area contributed by atoms with Gasteiger partial charge in [0.2, 0.25) is 0 Å². The van der Waals surface area contributed by atoms with Crippen molar-refractivity contribution in [2.24, 2.45) is 7.05 Å². The summed E-state index contributed by atoms with van der Waals surface area (Å²) in [4.78, 5) is 2.11. The maximum atomic E-state index is 6.05. The first kappa shape index (κ1) is 13.0. The average Bonchev–Trinajstić information content (AvgIpc) is 2.53. The Morgan fingerprint density at radius 2 is 2.17 bits per heavy atom. The van der Waals surface area contributed by atoms with Crippen molar-refractivity contribution >= 4 is 27.4 Å². The van der Waals surface area contributed by atoms with Gasteiger partial charge in [0.25, 0.3) is 0 Å². The van der Waals surface area contributed by atoms with Crippen LogP contribution in [0.4, 0.5) is 11.5 Å². The Kier molecular flexibility index (Phi) is 3.61. The van der Waals surface area contributed by atoms with Crippen LogP contribution in [0.3, 0.4) is 0 Å². The molecule has 1 heterocycles.